The Kier molecular flexibility index (Phi) is 11.7. The summed E-state index contributed by atoms with van der Waals surface area (Å²) in [5.74, 6) is 2.44. The second-order valence-corrected chi connectivity index (χ2v) is 7.07. The first-order chi connectivity index (χ1) is 14.5. The molecule has 0 fully saturated rings. The molecule has 7 heteroatoms. The van der Waals surface area contributed by atoms with E-state index in [1.54, 1.807) is 6.21 Å². The van der Waals surface area contributed by atoms with Crippen molar-refractivity contribution in [3.8, 4) is 0 Å². The number of allylic oxidation sites excluding steroid dienone is 1. The molecule has 2 heterocycles. The van der Waals surface area contributed by atoms with Crippen molar-refractivity contribution in [3.05, 3.63) is 35.4 Å². The molecule has 0 aliphatic heterocycles. The first-order valence-corrected chi connectivity index (χ1v) is 11.1. The van der Waals surface area contributed by atoms with Crippen LogP contribution in [0.4, 0.5) is 5.82 Å². The highest BCUT2D eigenvalue weighted by molar-refractivity contribution is 5.55. The monoisotopic (exact) mass is 415 g/mol. The van der Waals surface area contributed by atoms with Gasteiger partial charge in [0.15, 0.2) is 5.65 Å². The summed E-state index contributed by atoms with van der Waals surface area (Å²) in [4.78, 5) is 11.3. The molecule has 2 aromatic heterocycles. The molecule has 0 aromatic carbocycles. The number of nitrogens with zero attached hydrogens (tertiary/aromatic N) is 5. The molecule has 0 saturated heterocycles. The highest BCUT2D eigenvalue weighted by Gasteiger charge is 2.14. The molecule has 2 N–H and O–H groups in total. The van der Waals surface area contributed by atoms with Crippen molar-refractivity contribution in [2.24, 2.45) is 10.9 Å². The minimum absolute atomic E-state index is 0.599. The number of aryl methyl sites for hydroxylation is 1. The van der Waals surface area contributed by atoms with E-state index < -0.39 is 0 Å². The van der Waals surface area contributed by atoms with Crippen LogP contribution in [-0.4, -0.2) is 54.5 Å². The van der Waals surface area contributed by atoms with E-state index in [1.165, 1.54) is 0 Å². The third-order valence-corrected chi connectivity index (χ3v) is 4.89. The van der Waals surface area contributed by atoms with Gasteiger partial charge in [-0.3, -0.25) is 0 Å². The van der Waals surface area contributed by atoms with E-state index >= 15 is 0 Å². The second-order valence-electron chi connectivity index (χ2n) is 7.07. The van der Waals surface area contributed by atoms with Gasteiger partial charge in [-0.25, -0.2) is 14.5 Å². The highest BCUT2D eigenvalue weighted by Crippen LogP contribution is 2.18. The highest BCUT2D eigenvalue weighted by atomic mass is 15.3. The van der Waals surface area contributed by atoms with Gasteiger partial charge in [-0.15, -0.1) is 5.10 Å². The minimum atomic E-state index is 0.599. The van der Waals surface area contributed by atoms with Gasteiger partial charge in [0.2, 0.25) is 0 Å². The zero-order valence-electron chi connectivity index (χ0n) is 20.2. The van der Waals surface area contributed by atoms with Gasteiger partial charge in [0.05, 0.1) is 11.4 Å². The molecule has 1 unspecified atom stereocenters. The fourth-order valence-electron chi connectivity index (χ4n) is 3.28. The summed E-state index contributed by atoms with van der Waals surface area (Å²) in [5.41, 5.74) is 2.98. The number of hydrogen-bond acceptors (Lipinski definition) is 6. The summed E-state index contributed by atoms with van der Waals surface area (Å²) < 4.78 is 1.98. The van der Waals surface area contributed by atoms with Crippen LogP contribution in [0.25, 0.3) is 5.65 Å². The van der Waals surface area contributed by atoms with Crippen molar-refractivity contribution in [2.45, 2.75) is 54.4 Å². The first kappa shape index (κ1) is 25.6. The molecular formula is C23H41N7. The van der Waals surface area contributed by atoms with Crippen molar-refractivity contribution in [2.75, 3.05) is 38.6 Å². The summed E-state index contributed by atoms with van der Waals surface area (Å²) in [5, 5.41) is 11.3. The van der Waals surface area contributed by atoms with E-state index in [0.29, 0.717) is 5.92 Å². The number of anilines is 1. The van der Waals surface area contributed by atoms with E-state index in [4.69, 9.17) is 5.10 Å². The van der Waals surface area contributed by atoms with Crippen molar-refractivity contribution >= 4 is 17.7 Å². The number of fused-ring (bicyclic) bond motifs is 1. The van der Waals surface area contributed by atoms with E-state index in [9.17, 15) is 0 Å². The minimum Gasteiger partial charge on any atom is -0.373 e. The number of hydrogen-bond donors (Lipinski definition) is 2. The Morgan fingerprint density at radius 3 is 2.63 bits per heavy atom. The predicted octanol–water partition coefficient (Wildman–Crippen LogP) is 3.83. The molecule has 2 aromatic rings. The lowest BCUT2D eigenvalue weighted by atomic mass is 10.1. The van der Waals surface area contributed by atoms with Gasteiger partial charge in [0.25, 0.3) is 0 Å². The quantitative estimate of drug-likeness (QED) is 0.546. The van der Waals surface area contributed by atoms with Crippen molar-refractivity contribution < 1.29 is 0 Å². The average molecular weight is 416 g/mol. The number of aromatic nitrogens is 3. The normalized spacial score (nSPS) is 12.7. The zero-order valence-corrected chi connectivity index (χ0v) is 20.2. The third-order valence-electron chi connectivity index (χ3n) is 4.89. The fourth-order valence-corrected chi connectivity index (χ4v) is 3.28. The summed E-state index contributed by atoms with van der Waals surface area (Å²) in [7, 11) is 3.88. The lowest BCUT2D eigenvalue weighted by Crippen LogP contribution is -2.30. The number of rotatable bonds is 11. The van der Waals surface area contributed by atoms with Gasteiger partial charge in [-0.2, -0.15) is 0 Å². The van der Waals surface area contributed by atoms with E-state index in [0.717, 1.165) is 61.1 Å². The molecule has 0 amide bonds. The smallest absolute Gasteiger partial charge is 0.154 e. The fraction of sp³-hybridized carbons (Fsp3) is 0.609. The second kappa shape index (κ2) is 13.7. The summed E-state index contributed by atoms with van der Waals surface area (Å²) in [6, 6.07) is 4.14. The molecule has 0 bridgehead atoms. The van der Waals surface area contributed by atoms with Crippen LogP contribution in [0, 0.1) is 12.8 Å². The van der Waals surface area contributed by atoms with E-state index in [2.05, 4.69) is 57.6 Å². The Hall–Kier alpha value is -2.41. The Bertz CT molecular complexity index is 807. The molecule has 168 valence electrons. The number of imidazole rings is 1. The number of nitrogens with one attached hydrogen (secondary N) is 2. The maximum Gasteiger partial charge on any atom is 0.154 e. The zero-order chi connectivity index (χ0) is 22.5. The van der Waals surface area contributed by atoms with Crippen LogP contribution in [0.15, 0.2) is 29.0 Å². The lowest BCUT2D eigenvalue weighted by molar-refractivity contribution is 0.506. The predicted molar refractivity (Wildman–Crippen MR) is 130 cm³/mol. The Morgan fingerprint density at radius 2 is 2.03 bits per heavy atom. The molecule has 0 aliphatic rings. The molecule has 2 rings (SSSR count). The van der Waals surface area contributed by atoms with E-state index in [1.807, 2.05) is 46.3 Å². The maximum absolute atomic E-state index is 4.93. The average Bonchev–Trinajstić information content (AvgIpc) is 3.09. The Labute approximate surface area is 182 Å². The van der Waals surface area contributed by atoms with Crippen LogP contribution in [-0.2, 0) is 6.42 Å². The van der Waals surface area contributed by atoms with Crippen LogP contribution in [0.2, 0.25) is 0 Å². The summed E-state index contributed by atoms with van der Waals surface area (Å²) in [6.45, 7) is 15.4. The third kappa shape index (κ3) is 7.13. The van der Waals surface area contributed by atoms with Crippen molar-refractivity contribution in [1.29, 1.82) is 0 Å². The van der Waals surface area contributed by atoms with Crippen LogP contribution in [0.1, 0.15) is 52.4 Å². The topological polar surface area (TPSA) is 69.9 Å². The molecule has 7 nitrogen and oxygen atoms in total. The van der Waals surface area contributed by atoms with Crippen molar-refractivity contribution in [3.63, 3.8) is 0 Å². The van der Waals surface area contributed by atoms with Crippen molar-refractivity contribution in [1.82, 2.24) is 25.2 Å². The number of aliphatic imine (C=N–C) groups is 1. The van der Waals surface area contributed by atoms with Gasteiger partial charge in [-0.1, -0.05) is 20.8 Å². The largest absolute Gasteiger partial charge is 0.373 e. The molecule has 30 heavy (non-hydrogen) atoms. The Morgan fingerprint density at radius 1 is 1.30 bits per heavy atom. The van der Waals surface area contributed by atoms with Crippen LogP contribution in [0.5, 0.6) is 0 Å². The van der Waals surface area contributed by atoms with Gasteiger partial charge in [0, 0.05) is 32.8 Å². The molecule has 0 spiro atoms. The molecule has 1 atom stereocenters. The van der Waals surface area contributed by atoms with Gasteiger partial charge >= 0.3 is 0 Å². The summed E-state index contributed by atoms with van der Waals surface area (Å²) >= 11 is 0. The van der Waals surface area contributed by atoms with Crippen LogP contribution in [0.3, 0.4) is 0 Å². The molecule has 0 radical (unpaired) electrons. The molecule has 0 aliphatic carbocycles. The summed E-state index contributed by atoms with van der Waals surface area (Å²) in [6.07, 6.45) is 5.73. The van der Waals surface area contributed by atoms with Gasteiger partial charge < -0.3 is 15.5 Å². The first-order valence-electron chi connectivity index (χ1n) is 11.1. The lowest BCUT2D eigenvalue weighted by Gasteiger charge is -2.25. The standard InChI is InChI=1S/C21H35N7.C2H6/c1-7-24-19(23-6)10-9-18-17(4)25-20-11-12-21(26-28(18)20)27(8-2)15-16(3)13-14-22-5;1-2/h7,10-12,16,22-23H,8-9,13-15H2,1-6H3;1-2H3/b19-10-,24-7-;. The molecular weight excluding hydrogens is 374 g/mol. The Balaban J connectivity index is 0.00000218. The van der Waals surface area contributed by atoms with Crippen LogP contribution >= 0.6 is 0 Å². The molecule has 0 saturated carbocycles. The van der Waals surface area contributed by atoms with Gasteiger partial charge in [-0.05, 0) is 64.9 Å². The SMILES string of the molecule is C/C=N\C(=C/Cc1c(C)nc2ccc(N(CC)CC(C)CCNC)nn12)NC.CC. The van der Waals surface area contributed by atoms with Crippen LogP contribution < -0.4 is 15.5 Å². The van der Waals surface area contributed by atoms with Gasteiger partial charge in [0.1, 0.15) is 11.6 Å². The van der Waals surface area contributed by atoms with E-state index in [-0.39, 0.29) is 0 Å². The maximum atomic E-state index is 4.93.